The van der Waals surface area contributed by atoms with Crippen LogP contribution < -0.4 is 5.32 Å². The van der Waals surface area contributed by atoms with Gasteiger partial charge in [-0.05, 0) is 12.1 Å². The average molecular weight is 291 g/mol. The molecular formula is C16H21NO4. The van der Waals surface area contributed by atoms with Crippen molar-refractivity contribution in [2.45, 2.75) is 18.8 Å². The van der Waals surface area contributed by atoms with E-state index in [9.17, 15) is 5.11 Å². The van der Waals surface area contributed by atoms with Crippen LogP contribution in [-0.2, 0) is 16.0 Å². The molecule has 1 aliphatic heterocycles. The second-order valence-electron chi connectivity index (χ2n) is 5.44. The Kier molecular flexibility index (Phi) is 4.55. The second-order valence-corrected chi connectivity index (χ2v) is 5.44. The van der Waals surface area contributed by atoms with Crippen molar-refractivity contribution < 1.29 is 19.0 Å². The Labute approximate surface area is 123 Å². The summed E-state index contributed by atoms with van der Waals surface area (Å²) < 4.78 is 16.4. The lowest BCUT2D eigenvalue weighted by atomic mass is 9.96. The van der Waals surface area contributed by atoms with Gasteiger partial charge in [0.25, 0.3) is 0 Å². The zero-order valence-corrected chi connectivity index (χ0v) is 12.1. The van der Waals surface area contributed by atoms with Crippen LogP contribution in [-0.4, -0.2) is 44.2 Å². The molecule has 114 valence electrons. The fourth-order valence-electron chi connectivity index (χ4n) is 2.73. The lowest BCUT2D eigenvalue weighted by Gasteiger charge is -2.33. The highest BCUT2D eigenvalue weighted by atomic mass is 16.5. The van der Waals surface area contributed by atoms with Crippen molar-refractivity contribution in [3.05, 3.63) is 36.1 Å². The summed E-state index contributed by atoms with van der Waals surface area (Å²) in [6.07, 6.45) is -0.733. The molecule has 0 unspecified atom stereocenters. The maximum absolute atomic E-state index is 10.2. The highest BCUT2D eigenvalue weighted by molar-refractivity contribution is 5.77. The number of methoxy groups -OCH3 is 1. The number of aliphatic hydroxyl groups is 1. The van der Waals surface area contributed by atoms with Crippen LogP contribution in [0.15, 0.2) is 34.7 Å². The molecule has 3 atom stereocenters. The minimum Gasteiger partial charge on any atom is -0.460 e. The number of ether oxygens (including phenoxy) is 2. The SMILES string of the molecule is CO[C@@H]1COC[C@@H](CNCc2cc3ccccc3o2)[C@@H]1O. The number of furan rings is 1. The molecule has 2 heterocycles. The lowest BCUT2D eigenvalue weighted by Crippen LogP contribution is -2.48. The van der Waals surface area contributed by atoms with Crippen molar-refractivity contribution in [1.29, 1.82) is 0 Å². The van der Waals surface area contributed by atoms with Gasteiger partial charge >= 0.3 is 0 Å². The zero-order valence-electron chi connectivity index (χ0n) is 12.1. The summed E-state index contributed by atoms with van der Waals surface area (Å²) in [4.78, 5) is 0. The Morgan fingerprint density at radius 1 is 1.33 bits per heavy atom. The normalized spacial score (nSPS) is 26.3. The zero-order chi connectivity index (χ0) is 14.7. The third kappa shape index (κ3) is 3.27. The van der Waals surface area contributed by atoms with E-state index in [2.05, 4.69) is 5.32 Å². The van der Waals surface area contributed by atoms with Gasteiger partial charge in [0, 0.05) is 25.0 Å². The topological polar surface area (TPSA) is 63.9 Å². The van der Waals surface area contributed by atoms with Gasteiger partial charge in [0.05, 0.1) is 25.9 Å². The van der Waals surface area contributed by atoms with Gasteiger partial charge in [-0.2, -0.15) is 0 Å². The number of fused-ring (bicyclic) bond motifs is 1. The van der Waals surface area contributed by atoms with E-state index in [1.54, 1.807) is 7.11 Å². The summed E-state index contributed by atoms with van der Waals surface area (Å²) >= 11 is 0. The van der Waals surface area contributed by atoms with Gasteiger partial charge in [-0.25, -0.2) is 0 Å². The minimum atomic E-state index is -0.494. The number of para-hydroxylation sites is 1. The highest BCUT2D eigenvalue weighted by Crippen LogP contribution is 2.19. The number of hydrogen-bond acceptors (Lipinski definition) is 5. The van der Waals surface area contributed by atoms with Crippen LogP contribution in [0, 0.1) is 5.92 Å². The van der Waals surface area contributed by atoms with Gasteiger partial charge in [-0.1, -0.05) is 18.2 Å². The Morgan fingerprint density at radius 2 is 2.19 bits per heavy atom. The fourth-order valence-corrected chi connectivity index (χ4v) is 2.73. The molecule has 1 fully saturated rings. The van der Waals surface area contributed by atoms with Crippen LogP contribution in [0.1, 0.15) is 5.76 Å². The van der Waals surface area contributed by atoms with E-state index in [0.717, 1.165) is 16.7 Å². The molecule has 5 heteroatoms. The summed E-state index contributed by atoms with van der Waals surface area (Å²) in [5.74, 6) is 0.929. The highest BCUT2D eigenvalue weighted by Gasteiger charge is 2.32. The third-order valence-corrected chi connectivity index (χ3v) is 3.96. The van der Waals surface area contributed by atoms with E-state index in [1.807, 2.05) is 30.3 Å². The largest absolute Gasteiger partial charge is 0.460 e. The van der Waals surface area contributed by atoms with Crippen molar-refractivity contribution in [3.8, 4) is 0 Å². The van der Waals surface area contributed by atoms with Crippen LogP contribution in [0.25, 0.3) is 11.0 Å². The minimum absolute atomic E-state index is 0.0353. The molecule has 0 amide bonds. The van der Waals surface area contributed by atoms with E-state index in [4.69, 9.17) is 13.9 Å². The molecule has 1 aliphatic rings. The predicted molar refractivity (Wildman–Crippen MR) is 79.0 cm³/mol. The van der Waals surface area contributed by atoms with Crippen LogP contribution >= 0.6 is 0 Å². The molecule has 3 rings (SSSR count). The molecular weight excluding hydrogens is 270 g/mol. The molecule has 0 bridgehead atoms. The Morgan fingerprint density at radius 3 is 3.00 bits per heavy atom. The Hall–Kier alpha value is -1.40. The molecule has 1 aromatic carbocycles. The maximum Gasteiger partial charge on any atom is 0.134 e. The van der Waals surface area contributed by atoms with Crippen LogP contribution in [0.3, 0.4) is 0 Å². The molecule has 1 aromatic heterocycles. The third-order valence-electron chi connectivity index (χ3n) is 3.96. The van der Waals surface area contributed by atoms with Gasteiger partial charge < -0.3 is 24.3 Å². The van der Waals surface area contributed by atoms with Gasteiger partial charge in [0.2, 0.25) is 0 Å². The molecule has 21 heavy (non-hydrogen) atoms. The first-order valence-corrected chi connectivity index (χ1v) is 7.24. The van der Waals surface area contributed by atoms with Gasteiger partial charge in [0.15, 0.2) is 0 Å². The van der Waals surface area contributed by atoms with Crippen molar-refractivity contribution in [2.75, 3.05) is 26.9 Å². The van der Waals surface area contributed by atoms with Crippen molar-refractivity contribution in [3.63, 3.8) is 0 Å². The second kappa shape index (κ2) is 6.58. The van der Waals surface area contributed by atoms with Crippen LogP contribution in [0.5, 0.6) is 0 Å². The molecule has 0 aliphatic carbocycles. The van der Waals surface area contributed by atoms with Crippen LogP contribution in [0.4, 0.5) is 0 Å². The number of benzene rings is 1. The van der Waals surface area contributed by atoms with Gasteiger partial charge in [-0.15, -0.1) is 0 Å². The van der Waals surface area contributed by atoms with Crippen molar-refractivity contribution in [2.24, 2.45) is 5.92 Å². The summed E-state index contributed by atoms with van der Waals surface area (Å²) in [7, 11) is 1.60. The maximum atomic E-state index is 10.2. The van der Waals surface area contributed by atoms with E-state index >= 15 is 0 Å². The smallest absolute Gasteiger partial charge is 0.134 e. The quantitative estimate of drug-likeness (QED) is 0.875. The standard InChI is InChI=1S/C16H21NO4/c1-19-15-10-20-9-12(16(15)18)7-17-8-13-6-11-4-2-3-5-14(11)21-13/h2-6,12,15-18H,7-10H2,1H3/t12-,15-,16+/m1/s1. The average Bonchev–Trinajstić information content (AvgIpc) is 2.91. The van der Waals surface area contributed by atoms with E-state index < -0.39 is 6.10 Å². The predicted octanol–water partition coefficient (Wildman–Crippen LogP) is 1.54. The molecule has 0 radical (unpaired) electrons. The molecule has 0 saturated carbocycles. The number of aliphatic hydroxyl groups excluding tert-OH is 1. The molecule has 1 saturated heterocycles. The number of rotatable bonds is 5. The van der Waals surface area contributed by atoms with E-state index in [1.165, 1.54) is 0 Å². The lowest BCUT2D eigenvalue weighted by molar-refractivity contribution is -0.133. The summed E-state index contributed by atoms with van der Waals surface area (Å²) in [6, 6.07) is 9.98. The fraction of sp³-hybridized carbons (Fsp3) is 0.500. The molecule has 5 nitrogen and oxygen atoms in total. The monoisotopic (exact) mass is 291 g/mol. The Bertz CT molecular complexity index is 549. The van der Waals surface area contributed by atoms with Gasteiger partial charge in [-0.3, -0.25) is 0 Å². The van der Waals surface area contributed by atoms with E-state index in [-0.39, 0.29) is 12.0 Å². The van der Waals surface area contributed by atoms with Gasteiger partial charge in [0.1, 0.15) is 17.4 Å². The first kappa shape index (κ1) is 14.5. The summed E-state index contributed by atoms with van der Waals surface area (Å²) in [6.45, 7) is 2.31. The van der Waals surface area contributed by atoms with Crippen molar-refractivity contribution in [1.82, 2.24) is 5.32 Å². The summed E-state index contributed by atoms with van der Waals surface area (Å²) in [5, 5.41) is 14.6. The molecule has 2 N–H and O–H groups in total. The Balaban J connectivity index is 1.53. The first-order chi connectivity index (χ1) is 10.3. The van der Waals surface area contributed by atoms with E-state index in [0.29, 0.717) is 26.3 Å². The number of hydrogen-bond donors (Lipinski definition) is 2. The van der Waals surface area contributed by atoms with Crippen LogP contribution in [0.2, 0.25) is 0 Å². The molecule has 2 aromatic rings. The molecule has 0 spiro atoms. The van der Waals surface area contributed by atoms with Crippen molar-refractivity contribution >= 4 is 11.0 Å². The summed E-state index contributed by atoms with van der Waals surface area (Å²) in [5.41, 5.74) is 0.898. The number of nitrogens with one attached hydrogen (secondary N) is 1. The first-order valence-electron chi connectivity index (χ1n) is 7.24.